The molecule has 1 aliphatic heterocycles. The predicted molar refractivity (Wildman–Crippen MR) is 155 cm³/mol. The quantitative estimate of drug-likeness (QED) is 0.0787. The van der Waals surface area contributed by atoms with Crippen LogP contribution in [0, 0.1) is 10.1 Å². The zero-order valence-corrected chi connectivity index (χ0v) is 24.0. The number of nitrogens with zero attached hydrogens (tertiary/aromatic N) is 2. The van der Waals surface area contributed by atoms with Gasteiger partial charge in [-0.2, -0.15) is 5.10 Å². The summed E-state index contributed by atoms with van der Waals surface area (Å²) in [6.45, 7) is 6.84. The summed E-state index contributed by atoms with van der Waals surface area (Å²) in [4.78, 5) is 36.0. The van der Waals surface area contributed by atoms with Gasteiger partial charge in [-0.1, -0.05) is 30.9 Å². The molecule has 12 nitrogen and oxygen atoms in total. The molecule has 0 spiro atoms. The van der Waals surface area contributed by atoms with Crippen LogP contribution in [0.1, 0.15) is 31.0 Å². The van der Waals surface area contributed by atoms with E-state index in [0.29, 0.717) is 37.7 Å². The maximum Gasteiger partial charge on any atom is 0.338 e. The van der Waals surface area contributed by atoms with Crippen LogP contribution in [0.3, 0.4) is 0 Å². The van der Waals surface area contributed by atoms with Crippen molar-refractivity contribution in [1.29, 1.82) is 0 Å². The summed E-state index contributed by atoms with van der Waals surface area (Å²) >= 11 is 8.53. The number of benzene rings is 2. The first-order valence-corrected chi connectivity index (χ1v) is 13.1. The second kappa shape index (κ2) is 14.2. The van der Waals surface area contributed by atoms with E-state index in [1.54, 1.807) is 44.2 Å². The van der Waals surface area contributed by atoms with E-state index >= 15 is 0 Å². The lowest BCUT2D eigenvalue weighted by Crippen LogP contribution is -2.45. The lowest BCUT2D eigenvalue weighted by molar-refractivity contribution is -0.385. The van der Waals surface area contributed by atoms with E-state index in [-0.39, 0.29) is 24.7 Å². The number of thiocarbonyl (C=S) groups is 1. The summed E-state index contributed by atoms with van der Waals surface area (Å²) in [5, 5.41) is 21.6. The maximum absolute atomic E-state index is 12.7. The third-order valence-electron chi connectivity index (χ3n) is 5.34. The standard InChI is InChI=1S/C26H26BrN5O7S/c1-4-10-38-24-18(27)11-16(12-19(24)32(35)36)13-28-31-21(33)14-39-20-9-7-6-8-17(20)23-22(25(34)37-5-2)15(3)29-26(40)30-23/h4,6-9,11-13,23H,1,5,10,14H2,2-3H3,(H,31,33)(H2,29,30,40)/t23-/m1/s1. The molecule has 0 aromatic heterocycles. The number of hydrazone groups is 1. The molecule has 1 atom stereocenters. The Hall–Kier alpha value is -4.30. The average molecular weight is 632 g/mol. The number of hydrogen-bond donors (Lipinski definition) is 3. The number of esters is 1. The van der Waals surface area contributed by atoms with Crippen molar-refractivity contribution >= 4 is 57.0 Å². The number of nitro benzene ring substituents is 1. The van der Waals surface area contributed by atoms with Crippen LogP contribution < -0.4 is 25.5 Å². The number of allylic oxidation sites excluding steroid dienone is 1. The van der Waals surface area contributed by atoms with Gasteiger partial charge in [0.2, 0.25) is 5.75 Å². The van der Waals surface area contributed by atoms with Crippen molar-refractivity contribution in [3.63, 3.8) is 0 Å². The van der Waals surface area contributed by atoms with Gasteiger partial charge in [0, 0.05) is 22.9 Å². The van der Waals surface area contributed by atoms with Gasteiger partial charge in [-0.25, -0.2) is 10.2 Å². The lowest BCUT2D eigenvalue weighted by atomic mass is 9.95. The topological polar surface area (TPSA) is 153 Å². The molecule has 0 aliphatic carbocycles. The molecule has 3 rings (SSSR count). The molecular weight excluding hydrogens is 606 g/mol. The van der Waals surface area contributed by atoms with Crippen molar-refractivity contribution in [2.24, 2.45) is 5.10 Å². The van der Waals surface area contributed by atoms with Gasteiger partial charge in [-0.15, -0.1) is 0 Å². The molecule has 0 saturated carbocycles. The normalized spacial score (nSPS) is 14.7. The fourth-order valence-corrected chi connectivity index (χ4v) is 4.56. The smallest absolute Gasteiger partial charge is 0.338 e. The molecule has 40 heavy (non-hydrogen) atoms. The third kappa shape index (κ3) is 7.64. The van der Waals surface area contributed by atoms with Gasteiger partial charge in [-0.3, -0.25) is 14.9 Å². The molecule has 14 heteroatoms. The highest BCUT2D eigenvalue weighted by atomic mass is 79.9. The Morgan fingerprint density at radius 2 is 2.05 bits per heavy atom. The van der Waals surface area contributed by atoms with E-state index in [1.807, 2.05) is 0 Å². The number of ether oxygens (including phenoxy) is 3. The number of carbonyl (C=O) groups is 2. The van der Waals surface area contributed by atoms with Crippen molar-refractivity contribution < 1.29 is 28.7 Å². The number of hydrogen-bond acceptors (Lipinski definition) is 9. The molecule has 2 aromatic carbocycles. The first-order chi connectivity index (χ1) is 19.2. The van der Waals surface area contributed by atoms with Crippen molar-refractivity contribution in [1.82, 2.24) is 16.1 Å². The van der Waals surface area contributed by atoms with E-state index < -0.39 is 29.4 Å². The third-order valence-corrected chi connectivity index (χ3v) is 6.15. The number of carbonyl (C=O) groups excluding carboxylic acids is 2. The van der Waals surface area contributed by atoms with E-state index in [4.69, 9.17) is 26.4 Å². The fraction of sp³-hybridized carbons (Fsp3) is 0.231. The second-order valence-electron chi connectivity index (χ2n) is 8.12. The number of halogens is 1. The molecule has 0 bridgehead atoms. The SMILES string of the molecule is C=CCOc1c(Br)cc(C=NNC(=O)COc2ccccc2[C@H]2NC(=S)NC(C)=C2C(=O)OCC)cc1[N+](=O)[O-]. The molecule has 3 N–H and O–H groups in total. The molecule has 0 fully saturated rings. The van der Waals surface area contributed by atoms with Crippen LogP contribution >= 0.6 is 28.1 Å². The summed E-state index contributed by atoms with van der Waals surface area (Å²) in [6, 6.07) is 9.04. The fourth-order valence-electron chi connectivity index (χ4n) is 3.71. The van der Waals surface area contributed by atoms with Gasteiger partial charge >= 0.3 is 11.7 Å². The van der Waals surface area contributed by atoms with E-state index in [1.165, 1.54) is 18.4 Å². The average Bonchev–Trinajstić information content (AvgIpc) is 2.90. The first kappa shape index (κ1) is 30.2. The van der Waals surface area contributed by atoms with Crippen molar-refractivity contribution in [3.8, 4) is 11.5 Å². The summed E-state index contributed by atoms with van der Waals surface area (Å²) in [6.07, 6.45) is 2.72. The summed E-state index contributed by atoms with van der Waals surface area (Å²) in [5.41, 5.74) is 3.84. The minimum atomic E-state index is -0.669. The van der Waals surface area contributed by atoms with Gasteiger partial charge < -0.3 is 24.8 Å². The van der Waals surface area contributed by atoms with Crippen LogP contribution in [0.15, 0.2) is 69.9 Å². The zero-order chi connectivity index (χ0) is 29.2. The minimum absolute atomic E-state index is 0.0540. The Morgan fingerprint density at radius 3 is 2.75 bits per heavy atom. The molecule has 0 radical (unpaired) electrons. The monoisotopic (exact) mass is 631 g/mol. The summed E-state index contributed by atoms with van der Waals surface area (Å²) in [5.74, 6) is -0.704. The van der Waals surface area contributed by atoms with E-state index in [2.05, 4.69) is 43.7 Å². The van der Waals surface area contributed by atoms with Gasteiger partial charge in [0.25, 0.3) is 5.91 Å². The van der Waals surface area contributed by atoms with Gasteiger partial charge in [0.1, 0.15) is 12.4 Å². The summed E-state index contributed by atoms with van der Waals surface area (Å²) in [7, 11) is 0. The first-order valence-electron chi connectivity index (χ1n) is 11.9. The highest BCUT2D eigenvalue weighted by Crippen LogP contribution is 2.36. The minimum Gasteiger partial charge on any atom is -0.483 e. The number of nitrogens with one attached hydrogen (secondary N) is 3. The van der Waals surface area contributed by atoms with Crippen LogP contribution in [0.4, 0.5) is 5.69 Å². The Labute approximate surface area is 243 Å². The second-order valence-corrected chi connectivity index (χ2v) is 9.38. The molecule has 1 heterocycles. The molecule has 1 amide bonds. The Balaban J connectivity index is 1.71. The van der Waals surface area contributed by atoms with E-state index in [0.717, 1.165) is 0 Å². The summed E-state index contributed by atoms with van der Waals surface area (Å²) < 4.78 is 16.7. The Bertz CT molecular complexity index is 1400. The number of rotatable bonds is 12. The number of para-hydroxylation sites is 1. The molecular formula is C26H26BrN5O7S. The zero-order valence-electron chi connectivity index (χ0n) is 21.6. The van der Waals surface area contributed by atoms with Gasteiger partial charge in [-0.05, 0) is 54.1 Å². The van der Waals surface area contributed by atoms with Crippen LogP contribution in [0.5, 0.6) is 11.5 Å². The lowest BCUT2D eigenvalue weighted by Gasteiger charge is -2.30. The maximum atomic E-state index is 12.7. The van der Waals surface area contributed by atoms with Gasteiger partial charge in [0.15, 0.2) is 11.7 Å². The van der Waals surface area contributed by atoms with Crippen molar-refractivity contribution in [3.05, 3.63) is 86.0 Å². The Morgan fingerprint density at radius 1 is 1.30 bits per heavy atom. The molecule has 0 saturated heterocycles. The largest absolute Gasteiger partial charge is 0.483 e. The van der Waals surface area contributed by atoms with Crippen LogP contribution in [0.2, 0.25) is 0 Å². The van der Waals surface area contributed by atoms with Crippen LogP contribution in [0.25, 0.3) is 0 Å². The molecule has 210 valence electrons. The van der Waals surface area contributed by atoms with Gasteiger partial charge in [0.05, 0.1) is 33.8 Å². The van der Waals surface area contributed by atoms with E-state index in [9.17, 15) is 19.7 Å². The van der Waals surface area contributed by atoms with Crippen LogP contribution in [-0.2, 0) is 14.3 Å². The highest BCUT2D eigenvalue weighted by molar-refractivity contribution is 9.10. The predicted octanol–water partition coefficient (Wildman–Crippen LogP) is 3.81. The molecule has 2 aromatic rings. The number of nitro groups is 1. The number of amides is 1. The molecule has 1 aliphatic rings. The Kier molecular flexibility index (Phi) is 10.7. The molecule has 0 unspecified atom stereocenters. The highest BCUT2D eigenvalue weighted by Gasteiger charge is 2.32. The van der Waals surface area contributed by atoms with Crippen LogP contribution in [-0.4, -0.2) is 47.9 Å². The van der Waals surface area contributed by atoms with Crippen molar-refractivity contribution in [2.75, 3.05) is 19.8 Å². The van der Waals surface area contributed by atoms with Crippen molar-refractivity contribution in [2.45, 2.75) is 19.9 Å².